The second-order valence-corrected chi connectivity index (χ2v) is 11.3. The Morgan fingerprint density at radius 2 is 1.82 bits per heavy atom. The summed E-state index contributed by atoms with van der Waals surface area (Å²) in [5.41, 5.74) is 1.37. The molecule has 4 aromatic rings. The maximum Gasteiger partial charge on any atom is 0.410 e. The highest BCUT2D eigenvalue weighted by Crippen LogP contribution is 2.44. The molecule has 1 aromatic heterocycles. The van der Waals surface area contributed by atoms with Crippen molar-refractivity contribution < 1.29 is 22.9 Å². The van der Waals surface area contributed by atoms with Gasteiger partial charge in [-0.25, -0.2) is 4.68 Å². The summed E-state index contributed by atoms with van der Waals surface area (Å²) in [4.78, 5) is 25.6. The van der Waals surface area contributed by atoms with Gasteiger partial charge in [0, 0.05) is 38.5 Å². The van der Waals surface area contributed by atoms with Crippen LogP contribution in [-0.4, -0.2) is 26.8 Å². The Morgan fingerprint density at radius 1 is 1.12 bits per heavy atom. The second-order valence-electron chi connectivity index (χ2n) is 9.23. The van der Waals surface area contributed by atoms with Crippen LogP contribution in [0.3, 0.4) is 0 Å². The number of fused-ring (bicyclic) bond motifs is 1. The molecule has 0 aliphatic carbocycles. The fraction of sp³-hybridized carbons (Fsp3) is 0.185. The average Bonchev–Trinajstić information content (AvgIpc) is 3.33. The summed E-state index contributed by atoms with van der Waals surface area (Å²) < 4.78 is 43.8. The van der Waals surface area contributed by atoms with E-state index in [1.54, 1.807) is 18.2 Å². The van der Waals surface area contributed by atoms with Crippen LogP contribution >= 0.6 is 27.7 Å². The van der Waals surface area contributed by atoms with Crippen LogP contribution in [0.2, 0.25) is 0 Å². The predicted octanol–water partition coefficient (Wildman–Crippen LogP) is 7.93. The molecule has 0 fully saturated rings. The van der Waals surface area contributed by atoms with Crippen molar-refractivity contribution in [3.8, 4) is 0 Å². The second kappa shape index (κ2) is 11.0. The molecule has 0 saturated heterocycles. The van der Waals surface area contributed by atoms with Crippen LogP contribution < -0.4 is 10.6 Å². The minimum Gasteiger partial charge on any atom is -0.363 e. The molecule has 40 heavy (non-hydrogen) atoms. The molecule has 0 bridgehead atoms. The fourth-order valence-corrected chi connectivity index (χ4v) is 5.58. The van der Waals surface area contributed by atoms with E-state index in [-0.39, 0.29) is 29.2 Å². The molecule has 0 spiro atoms. The average molecular weight is 632 g/mol. The van der Waals surface area contributed by atoms with Crippen molar-refractivity contribution in [2.24, 2.45) is 0 Å². The number of amides is 1. The van der Waals surface area contributed by atoms with Crippen LogP contribution in [0.15, 0.2) is 87.2 Å². The summed E-state index contributed by atoms with van der Waals surface area (Å²) in [6.45, 7) is 1.88. The molecule has 2 atom stereocenters. The van der Waals surface area contributed by atoms with Crippen LogP contribution in [0.1, 0.15) is 40.0 Å². The molecule has 206 valence electrons. The third-order valence-electron chi connectivity index (χ3n) is 6.37. The molecule has 3 aromatic carbocycles. The van der Waals surface area contributed by atoms with Gasteiger partial charge in [0.25, 0.3) is 11.6 Å². The van der Waals surface area contributed by atoms with E-state index in [0.29, 0.717) is 10.5 Å². The number of nitro groups is 1. The molecule has 2 unspecified atom stereocenters. The number of nitrogens with one attached hydrogen (secondary N) is 2. The lowest BCUT2D eigenvalue weighted by atomic mass is 9.96. The zero-order valence-corrected chi connectivity index (χ0v) is 23.2. The number of anilines is 2. The Kier molecular flexibility index (Phi) is 7.60. The summed E-state index contributed by atoms with van der Waals surface area (Å²) in [5, 5.41) is 21.1. The number of hydrogen-bond donors (Lipinski definition) is 2. The van der Waals surface area contributed by atoms with Gasteiger partial charge in [-0.1, -0.05) is 57.5 Å². The minimum atomic E-state index is -4.60. The zero-order chi connectivity index (χ0) is 28.6. The predicted molar refractivity (Wildman–Crippen MR) is 149 cm³/mol. The lowest BCUT2D eigenvalue weighted by molar-refractivity contribution is -0.385. The van der Waals surface area contributed by atoms with Crippen molar-refractivity contribution in [3.05, 3.63) is 104 Å². The number of benzene rings is 3. The van der Waals surface area contributed by atoms with Gasteiger partial charge in [0.2, 0.25) is 0 Å². The first-order chi connectivity index (χ1) is 19.0. The standard InChI is InChI=1S/C27H21BrF3N5O3S/c1-15-2-4-16(5-3-15)23-13-24(27(29,30)31)35-25(34-23)22(14-32-35)26(37)33-18-10-19(36(38)39)12-21(11-18)40-20-8-6-17(28)7-9-20/h2-12,14,23-24,34H,13H2,1H3,(H,33,37). The Hall–Kier alpha value is -3.84. The van der Waals surface area contributed by atoms with E-state index >= 15 is 0 Å². The SMILES string of the molecule is Cc1ccc(C2CC(C(F)(F)F)n3ncc(C(=O)Nc4cc(Sc5ccc(Br)cc5)cc([N+](=O)[O-])c4)c3N2)cc1. The molecule has 2 heterocycles. The Labute approximate surface area is 239 Å². The first kappa shape index (κ1) is 27.7. The molecule has 1 amide bonds. The van der Waals surface area contributed by atoms with E-state index in [9.17, 15) is 28.1 Å². The quantitative estimate of drug-likeness (QED) is 0.165. The molecule has 2 N–H and O–H groups in total. The zero-order valence-electron chi connectivity index (χ0n) is 20.8. The number of nitro benzene ring substituents is 1. The van der Waals surface area contributed by atoms with Crippen LogP contribution in [-0.2, 0) is 0 Å². The molecule has 5 rings (SSSR count). The van der Waals surface area contributed by atoms with E-state index in [0.717, 1.165) is 25.8 Å². The third-order valence-corrected chi connectivity index (χ3v) is 7.88. The number of halogens is 4. The number of alkyl halides is 3. The van der Waals surface area contributed by atoms with Crippen LogP contribution in [0.4, 0.5) is 30.4 Å². The normalized spacial score (nSPS) is 16.6. The summed E-state index contributed by atoms with van der Waals surface area (Å²) in [7, 11) is 0. The lowest BCUT2D eigenvalue weighted by Crippen LogP contribution is -2.36. The molecular weight excluding hydrogens is 611 g/mol. The van der Waals surface area contributed by atoms with E-state index < -0.39 is 29.1 Å². The van der Waals surface area contributed by atoms with Gasteiger partial charge in [-0.05, 0) is 42.8 Å². The topological polar surface area (TPSA) is 102 Å². The molecular formula is C27H21BrF3N5O3S. The molecule has 13 heteroatoms. The number of non-ortho nitro benzene ring substituents is 1. The van der Waals surface area contributed by atoms with Crippen molar-refractivity contribution in [3.63, 3.8) is 0 Å². The number of rotatable bonds is 6. The maximum atomic E-state index is 14.0. The first-order valence-corrected chi connectivity index (χ1v) is 13.6. The smallest absolute Gasteiger partial charge is 0.363 e. The Bertz CT molecular complexity index is 1580. The molecule has 0 radical (unpaired) electrons. The highest BCUT2D eigenvalue weighted by atomic mass is 79.9. The maximum absolute atomic E-state index is 14.0. The Balaban J connectivity index is 1.45. The number of carbonyl (C=O) groups excluding carboxylic acids is 1. The van der Waals surface area contributed by atoms with Gasteiger partial charge in [0.1, 0.15) is 11.4 Å². The van der Waals surface area contributed by atoms with Crippen molar-refractivity contribution in [1.82, 2.24) is 9.78 Å². The van der Waals surface area contributed by atoms with E-state index in [2.05, 4.69) is 31.7 Å². The van der Waals surface area contributed by atoms with Crippen molar-refractivity contribution >= 4 is 50.8 Å². The van der Waals surface area contributed by atoms with Crippen molar-refractivity contribution in [2.75, 3.05) is 10.6 Å². The summed E-state index contributed by atoms with van der Waals surface area (Å²) >= 11 is 4.62. The van der Waals surface area contributed by atoms with Gasteiger partial charge in [-0.3, -0.25) is 14.9 Å². The first-order valence-electron chi connectivity index (χ1n) is 12.0. The highest BCUT2D eigenvalue weighted by molar-refractivity contribution is 9.10. The number of aromatic nitrogens is 2. The Morgan fingerprint density at radius 3 is 2.48 bits per heavy atom. The molecule has 1 aliphatic heterocycles. The summed E-state index contributed by atoms with van der Waals surface area (Å²) in [6.07, 6.45) is -3.83. The highest BCUT2D eigenvalue weighted by Gasteiger charge is 2.47. The van der Waals surface area contributed by atoms with Gasteiger partial charge in [-0.15, -0.1) is 0 Å². The van der Waals surface area contributed by atoms with Crippen molar-refractivity contribution in [2.45, 2.75) is 41.4 Å². The number of hydrogen-bond acceptors (Lipinski definition) is 6. The fourth-order valence-electron chi connectivity index (χ4n) is 4.40. The monoisotopic (exact) mass is 631 g/mol. The van der Waals surface area contributed by atoms with Gasteiger partial charge < -0.3 is 10.6 Å². The van der Waals surface area contributed by atoms with Gasteiger partial charge in [0.05, 0.1) is 17.2 Å². The molecule has 8 nitrogen and oxygen atoms in total. The van der Waals surface area contributed by atoms with Gasteiger partial charge in [-0.2, -0.15) is 18.3 Å². The summed E-state index contributed by atoms with van der Waals surface area (Å²) in [5.74, 6) is -0.828. The molecule has 1 aliphatic rings. The number of carbonyl (C=O) groups is 1. The van der Waals surface area contributed by atoms with Gasteiger partial charge >= 0.3 is 6.18 Å². The summed E-state index contributed by atoms with van der Waals surface area (Å²) in [6, 6.07) is 15.9. The van der Waals surface area contributed by atoms with E-state index in [1.165, 1.54) is 23.9 Å². The molecule has 0 saturated carbocycles. The number of nitrogens with zero attached hydrogens (tertiary/aromatic N) is 3. The van der Waals surface area contributed by atoms with E-state index in [4.69, 9.17) is 0 Å². The van der Waals surface area contributed by atoms with Gasteiger partial charge in [0.15, 0.2) is 6.04 Å². The largest absolute Gasteiger partial charge is 0.410 e. The third kappa shape index (κ3) is 5.99. The van der Waals surface area contributed by atoms with E-state index in [1.807, 2.05) is 43.3 Å². The van der Waals surface area contributed by atoms with Crippen molar-refractivity contribution in [1.29, 1.82) is 0 Å². The lowest BCUT2D eigenvalue weighted by Gasteiger charge is -2.34. The van der Waals surface area contributed by atoms with Crippen LogP contribution in [0.25, 0.3) is 0 Å². The minimum absolute atomic E-state index is 0.0773. The number of aryl methyl sites for hydroxylation is 1. The van der Waals surface area contributed by atoms with Crippen LogP contribution in [0.5, 0.6) is 0 Å². The van der Waals surface area contributed by atoms with Crippen LogP contribution in [0, 0.1) is 17.0 Å².